The van der Waals surface area contributed by atoms with E-state index in [1.165, 1.54) is 0 Å². The standard InChI is InChI=1S/C34H44Br2N6O4/c1-38-11-7-28(8-12-38)39-16-18-40(19-17-39)32(43)31(22-24-20-26(35)23-27(36)21-24)46-34(45)41-13-9-29(10-14-41)42-15-6-25-4-2-3-5-30(25)37-33(42)44/h2-5,20-21,23,28-29,31H,6-19,22H2,1H3,(H,37,44). The first-order valence-electron chi connectivity index (χ1n) is 16.5. The molecule has 4 heterocycles. The molecule has 1 atom stereocenters. The van der Waals surface area contributed by atoms with Crippen LogP contribution in [0.2, 0.25) is 0 Å². The van der Waals surface area contributed by atoms with Crippen molar-refractivity contribution in [2.45, 2.75) is 56.7 Å². The highest BCUT2D eigenvalue weighted by atomic mass is 79.9. The minimum Gasteiger partial charge on any atom is -0.436 e. The van der Waals surface area contributed by atoms with Gasteiger partial charge in [-0.1, -0.05) is 50.1 Å². The number of carbonyl (C=O) groups is 3. The zero-order chi connectivity index (χ0) is 32.2. The molecule has 0 aliphatic carbocycles. The van der Waals surface area contributed by atoms with Gasteiger partial charge in [0.25, 0.3) is 5.91 Å². The number of nitrogens with one attached hydrogen (secondary N) is 1. The lowest BCUT2D eigenvalue weighted by Crippen LogP contribution is -2.56. The first-order chi connectivity index (χ1) is 22.2. The fraction of sp³-hybridized carbons (Fsp3) is 0.559. The minimum absolute atomic E-state index is 0.0377. The molecule has 0 radical (unpaired) electrons. The highest BCUT2D eigenvalue weighted by Gasteiger charge is 2.36. The zero-order valence-electron chi connectivity index (χ0n) is 26.5. The molecular weight excluding hydrogens is 716 g/mol. The summed E-state index contributed by atoms with van der Waals surface area (Å²) in [5.74, 6) is -0.136. The highest BCUT2D eigenvalue weighted by molar-refractivity contribution is 9.11. The van der Waals surface area contributed by atoms with Crippen LogP contribution in [0.25, 0.3) is 0 Å². The number of piperidine rings is 2. The molecule has 4 amide bonds. The second-order valence-electron chi connectivity index (χ2n) is 13.0. The second-order valence-corrected chi connectivity index (χ2v) is 14.8. The first-order valence-corrected chi connectivity index (χ1v) is 18.1. The molecule has 1 unspecified atom stereocenters. The Hall–Kier alpha value is -2.67. The van der Waals surface area contributed by atoms with Gasteiger partial charge in [0.2, 0.25) is 0 Å². The predicted molar refractivity (Wildman–Crippen MR) is 185 cm³/mol. The number of urea groups is 1. The van der Waals surface area contributed by atoms with Crippen LogP contribution < -0.4 is 5.32 Å². The Morgan fingerprint density at radius 2 is 1.50 bits per heavy atom. The molecule has 1 N–H and O–H groups in total. The van der Waals surface area contributed by atoms with Gasteiger partial charge in [-0.3, -0.25) is 9.69 Å². The van der Waals surface area contributed by atoms with E-state index in [9.17, 15) is 14.4 Å². The predicted octanol–water partition coefficient (Wildman–Crippen LogP) is 5.05. The SMILES string of the molecule is CN1CCC(N2CCN(C(=O)C(Cc3cc(Br)cc(Br)c3)OC(=O)N3CCC(N4CCc5ccccc5NC4=O)CC3)CC2)CC1. The number of piperazine rings is 1. The largest absolute Gasteiger partial charge is 0.436 e. The van der Waals surface area contributed by atoms with Gasteiger partial charge in [0.05, 0.1) is 0 Å². The van der Waals surface area contributed by atoms with Gasteiger partial charge < -0.3 is 29.7 Å². The number of carbonyl (C=O) groups excluding carboxylic acids is 3. The number of hydrogen-bond donors (Lipinski definition) is 1. The number of benzene rings is 2. The molecule has 4 aliphatic heterocycles. The van der Waals surface area contributed by atoms with Crippen molar-refractivity contribution in [1.29, 1.82) is 0 Å². The molecule has 0 saturated carbocycles. The van der Waals surface area contributed by atoms with Gasteiger partial charge in [-0.2, -0.15) is 0 Å². The van der Waals surface area contributed by atoms with Crippen molar-refractivity contribution in [3.8, 4) is 0 Å². The number of hydrogen-bond acceptors (Lipinski definition) is 6. The summed E-state index contributed by atoms with van der Waals surface area (Å²) in [6.07, 6.45) is 3.34. The molecule has 4 aliphatic rings. The van der Waals surface area contributed by atoms with Crippen molar-refractivity contribution < 1.29 is 19.1 Å². The van der Waals surface area contributed by atoms with Gasteiger partial charge >= 0.3 is 12.1 Å². The third-order valence-corrected chi connectivity index (χ3v) is 10.9. The van der Waals surface area contributed by atoms with E-state index in [0.29, 0.717) is 58.0 Å². The molecule has 12 heteroatoms. The zero-order valence-corrected chi connectivity index (χ0v) is 29.7. The van der Waals surface area contributed by atoms with E-state index in [-0.39, 0.29) is 18.0 Å². The third kappa shape index (κ3) is 8.06. The fourth-order valence-electron chi connectivity index (χ4n) is 7.29. The molecule has 3 saturated heterocycles. The Morgan fingerprint density at radius 1 is 0.848 bits per heavy atom. The van der Waals surface area contributed by atoms with Gasteiger partial charge in [-0.25, -0.2) is 9.59 Å². The number of ether oxygens (including phenoxy) is 1. The molecule has 46 heavy (non-hydrogen) atoms. The van der Waals surface area contributed by atoms with Crippen LogP contribution in [0.15, 0.2) is 51.4 Å². The molecule has 3 fully saturated rings. The van der Waals surface area contributed by atoms with E-state index in [1.807, 2.05) is 46.2 Å². The van der Waals surface area contributed by atoms with Crippen molar-refractivity contribution in [2.24, 2.45) is 0 Å². The van der Waals surface area contributed by atoms with Crippen molar-refractivity contribution in [1.82, 2.24) is 24.5 Å². The van der Waals surface area contributed by atoms with Crippen LogP contribution in [0.1, 0.15) is 36.8 Å². The van der Waals surface area contributed by atoms with E-state index in [1.54, 1.807) is 4.90 Å². The number of nitrogens with zero attached hydrogens (tertiary/aromatic N) is 5. The van der Waals surface area contributed by atoms with E-state index in [2.05, 4.69) is 60.1 Å². The molecule has 10 nitrogen and oxygen atoms in total. The number of para-hydroxylation sites is 1. The van der Waals surface area contributed by atoms with Crippen LogP contribution in [0.3, 0.4) is 0 Å². The molecule has 0 aromatic heterocycles. The average molecular weight is 761 g/mol. The summed E-state index contributed by atoms with van der Waals surface area (Å²) in [4.78, 5) is 51.0. The summed E-state index contributed by atoms with van der Waals surface area (Å²) in [6.45, 7) is 6.75. The summed E-state index contributed by atoms with van der Waals surface area (Å²) in [6, 6.07) is 14.3. The lowest BCUT2D eigenvalue weighted by molar-refractivity contribution is -0.143. The maximum absolute atomic E-state index is 14.0. The lowest BCUT2D eigenvalue weighted by atomic mass is 10.0. The minimum atomic E-state index is -0.920. The summed E-state index contributed by atoms with van der Waals surface area (Å²) >= 11 is 7.10. The van der Waals surface area contributed by atoms with Crippen LogP contribution in [-0.4, -0.2) is 127 Å². The molecule has 2 aromatic carbocycles. The molecule has 2 aromatic rings. The van der Waals surface area contributed by atoms with Gasteiger partial charge in [-0.05, 0) is 87.6 Å². The second kappa shape index (κ2) is 15.0. The normalized spacial score (nSPS) is 21.4. The summed E-state index contributed by atoms with van der Waals surface area (Å²) in [7, 11) is 2.17. The molecule has 248 valence electrons. The first kappa shape index (κ1) is 33.2. The van der Waals surface area contributed by atoms with Gasteiger partial charge in [0.1, 0.15) is 0 Å². The summed E-state index contributed by atoms with van der Waals surface area (Å²) in [5, 5.41) is 3.06. The summed E-state index contributed by atoms with van der Waals surface area (Å²) in [5.41, 5.74) is 2.91. The van der Waals surface area contributed by atoms with Crippen LogP contribution in [0.5, 0.6) is 0 Å². The third-order valence-electron chi connectivity index (χ3n) is 10.00. The maximum atomic E-state index is 14.0. The molecule has 0 spiro atoms. The van der Waals surface area contributed by atoms with Crippen LogP contribution in [0, 0.1) is 0 Å². The van der Waals surface area contributed by atoms with Crippen LogP contribution in [0.4, 0.5) is 15.3 Å². The van der Waals surface area contributed by atoms with E-state index in [4.69, 9.17) is 4.74 Å². The molecular formula is C34H44Br2N6O4. The van der Waals surface area contributed by atoms with Crippen LogP contribution >= 0.6 is 31.9 Å². The van der Waals surface area contributed by atoms with Crippen molar-refractivity contribution in [3.63, 3.8) is 0 Å². The number of likely N-dealkylation sites (tertiary alicyclic amines) is 2. The number of fused-ring (bicyclic) bond motifs is 1. The van der Waals surface area contributed by atoms with Crippen molar-refractivity contribution in [2.75, 3.05) is 71.3 Å². The van der Waals surface area contributed by atoms with Gasteiger partial charge in [0.15, 0.2) is 6.10 Å². The summed E-state index contributed by atoms with van der Waals surface area (Å²) < 4.78 is 7.85. The molecule has 6 rings (SSSR count). The van der Waals surface area contributed by atoms with Gasteiger partial charge in [-0.15, -0.1) is 0 Å². The Morgan fingerprint density at radius 3 is 2.20 bits per heavy atom. The number of anilines is 1. The quantitative estimate of drug-likeness (QED) is 0.444. The smallest absolute Gasteiger partial charge is 0.410 e. The van der Waals surface area contributed by atoms with Gasteiger partial charge in [0, 0.05) is 79.0 Å². The number of halogens is 2. The Labute approximate surface area is 288 Å². The number of amides is 4. The Balaban J connectivity index is 1.07. The monoisotopic (exact) mass is 758 g/mol. The average Bonchev–Trinajstić information content (AvgIpc) is 3.22. The fourth-order valence-corrected chi connectivity index (χ4v) is 8.68. The Bertz CT molecular complexity index is 1380. The maximum Gasteiger partial charge on any atom is 0.410 e. The molecule has 0 bridgehead atoms. The van der Waals surface area contributed by atoms with Crippen molar-refractivity contribution >= 4 is 55.6 Å². The van der Waals surface area contributed by atoms with E-state index in [0.717, 1.165) is 71.2 Å². The number of rotatable bonds is 6. The van der Waals surface area contributed by atoms with E-state index >= 15 is 0 Å². The topological polar surface area (TPSA) is 88.7 Å². The van der Waals surface area contributed by atoms with Crippen LogP contribution in [-0.2, 0) is 22.4 Å². The van der Waals surface area contributed by atoms with Crippen molar-refractivity contribution in [3.05, 3.63) is 62.5 Å². The Kier molecular flexibility index (Phi) is 10.9. The lowest BCUT2D eigenvalue weighted by Gasteiger charge is -2.42. The highest BCUT2D eigenvalue weighted by Crippen LogP contribution is 2.26. The van der Waals surface area contributed by atoms with E-state index < -0.39 is 12.2 Å².